The van der Waals surface area contributed by atoms with Crippen molar-refractivity contribution in [3.8, 4) is 5.75 Å². The Morgan fingerprint density at radius 3 is 2.61 bits per heavy atom. The molecule has 1 aliphatic rings. The molecule has 1 aliphatic carbocycles. The normalized spacial score (nSPS) is 27.8. The number of nitrogens with one attached hydrogen (secondary N) is 1. The first-order valence-electron chi connectivity index (χ1n) is 6.43. The highest BCUT2D eigenvalue weighted by Crippen LogP contribution is 2.23. The quantitative estimate of drug-likeness (QED) is 0.744. The number of nitrogens with two attached hydrogens (primary N) is 1. The molecule has 1 amide bonds. The van der Waals surface area contributed by atoms with Crippen LogP contribution in [0.3, 0.4) is 0 Å². The number of phenols is 1. The third-order valence-corrected chi connectivity index (χ3v) is 3.70. The van der Waals surface area contributed by atoms with Crippen LogP contribution in [0.5, 0.6) is 5.75 Å². The summed E-state index contributed by atoms with van der Waals surface area (Å²) < 4.78 is 0. The van der Waals surface area contributed by atoms with Crippen molar-refractivity contribution in [2.75, 3.05) is 0 Å². The fraction of sp³-hybridized carbons (Fsp3) is 0.500. The molecule has 0 radical (unpaired) electrons. The van der Waals surface area contributed by atoms with Crippen LogP contribution in [-0.4, -0.2) is 23.1 Å². The average Bonchev–Trinajstić information content (AvgIpc) is 2.34. The second-order valence-electron chi connectivity index (χ2n) is 5.12. The number of rotatable bonds is 2. The van der Waals surface area contributed by atoms with Gasteiger partial charge in [-0.2, -0.15) is 0 Å². The van der Waals surface area contributed by atoms with Crippen LogP contribution >= 0.6 is 0 Å². The summed E-state index contributed by atoms with van der Waals surface area (Å²) in [6.07, 6.45) is 3.20. The van der Waals surface area contributed by atoms with E-state index < -0.39 is 0 Å². The fourth-order valence-electron chi connectivity index (χ4n) is 2.55. The number of amides is 1. The number of carbonyl (C=O) groups is 1. The van der Waals surface area contributed by atoms with Gasteiger partial charge in [-0.25, -0.2) is 0 Å². The number of aromatic hydroxyl groups is 1. The van der Waals surface area contributed by atoms with E-state index in [0.29, 0.717) is 11.5 Å². The molecule has 3 atom stereocenters. The third kappa shape index (κ3) is 2.82. The van der Waals surface area contributed by atoms with Crippen molar-refractivity contribution in [1.29, 1.82) is 0 Å². The van der Waals surface area contributed by atoms with E-state index in [0.717, 1.165) is 19.3 Å². The number of carbonyl (C=O) groups excluding carboxylic acids is 1. The van der Waals surface area contributed by atoms with E-state index in [1.54, 1.807) is 12.1 Å². The zero-order chi connectivity index (χ0) is 13.1. The van der Waals surface area contributed by atoms with Gasteiger partial charge in [0.15, 0.2) is 0 Å². The van der Waals surface area contributed by atoms with Crippen molar-refractivity contribution in [2.45, 2.75) is 38.3 Å². The van der Waals surface area contributed by atoms with Gasteiger partial charge >= 0.3 is 0 Å². The van der Waals surface area contributed by atoms with Gasteiger partial charge in [0.25, 0.3) is 5.91 Å². The first kappa shape index (κ1) is 12.9. The Hall–Kier alpha value is -1.55. The van der Waals surface area contributed by atoms with Crippen LogP contribution in [0.4, 0.5) is 0 Å². The molecule has 1 fully saturated rings. The van der Waals surface area contributed by atoms with Crippen LogP contribution in [0.2, 0.25) is 0 Å². The molecule has 0 aromatic heterocycles. The first-order valence-corrected chi connectivity index (χ1v) is 6.43. The minimum absolute atomic E-state index is 0.0369. The fourth-order valence-corrected chi connectivity index (χ4v) is 2.55. The van der Waals surface area contributed by atoms with Gasteiger partial charge in [0.2, 0.25) is 0 Å². The molecule has 1 unspecified atom stereocenters. The number of phenolic OH excluding ortho intramolecular Hbond substituents is 1. The van der Waals surface area contributed by atoms with E-state index in [-0.39, 0.29) is 23.7 Å². The molecular weight excluding hydrogens is 228 g/mol. The monoisotopic (exact) mass is 248 g/mol. The zero-order valence-electron chi connectivity index (χ0n) is 10.6. The Morgan fingerprint density at radius 1 is 1.33 bits per heavy atom. The number of hydrogen-bond donors (Lipinski definition) is 3. The van der Waals surface area contributed by atoms with Crippen molar-refractivity contribution in [3.05, 3.63) is 29.8 Å². The molecule has 1 saturated carbocycles. The Morgan fingerprint density at radius 2 is 2.00 bits per heavy atom. The van der Waals surface area contributed by atoms with E-state index in [9.17, 15) is 9.90 Å². The molecule has 0 aliphatic heterocycles. The average molecular weight is 248 g/mol. The van der Waals surface area contributed by atoms with E-state index in [1.807, 2.05) is 0 Å². The van der Waals surface area contributed by atoms with Gasteiger partial charge in [0.05, 0.1) is 0 Å². The first-order chi connectivity index (χ1) is 8.58. The molecule has 4 nitrogen and oxygen atoms in total. The topological polar surface area (TPSA) is 75.3 Å². The van der Waals surface area contributed by atoms with Gasteiger partial charge in [-0.1, -0.05) is 13.3 Å². The summed E-state index contributed by atoms with van der Waals surface area (Å²) >= 11 is 0. The van der Waals surface area contributed by atoms with E-state index in [2.05, 4.69) is 12.2 Å². The van der Waals surface area contributed by atoms with E-state index >= 15 is 0 Å². The highest BCUT2D eigenvalue weighted by Gasteiger charge is 2.29. The van der Waals surface area contributed by atoms with E-state index in [1.165, 1.54) is 12.1 Å². The Bertz CT molecular complexity index is 406. The molecule has 98 valence electrons. The molecular formula is C14H20N2O2. The molecule has 0 heterocycles. The number of hydrogen-bond acceptors (Lipinski definition) is 3. The summed E-state index contributed by atoms with van der Waals surface area (Å²) in [4.78, 5) is 12.1. The van der Waals surface area contributed by atoms with Crippen molar-refractivity contribution in [2.24, 2.45) is 11.7 Å². The highest BCUT2D eigenvalue weighted by molar-refractivity contribution is 5.94. The standard InChI is InChI=1S/C14H20N2O2/c1-9-3-2-4-12(15)13(9)16-14(18)10-5-7-11(17)8-6-10/h5-9,12-13,17H,2-4,15H2,1H3,(H,16,18)/t9-,12-,13?/m0/s1. The summed E-state index contributed by atoms with van der Waals surface area (Å²) in [6, 6.07) is 6.33. The molecule has 4 N–H and O–H groups in total. The largest absolute Gasteiger partial charge is 0.508 e. The summed E-state index contributed by atoms with van der Waals surface area (Å²) in [5.41, 5.74) is 6.62. The van der Waals surface area contributed by atoms with Crippen LogP contribution in [0, 0.1) is 5.92 Å². The summed E-state index contributed by atoms with van der Waals surface area (Å²) in [7, 11) is 0. The van der Waals surface area contributed by atoms with Crippen LogP contribution in [0.15, 0.2) is 24.3 Å². The van der Waals surface area contributed by atoms with Crippen molar-refractivity contribution < 1.29 is 9.90 Å². The molecule has 4 heteroatoms. The van der Waals surface area contributed by atoms with Crippen LogP contribution in [0.1, 0.15) is 36.5 Å². The van der Waals surface area contributed by atoms with Crippen LogP contribution in [0.25, 0.3) is 0 Å². The van der Waals surface area contributed by atoms with Gasteiger partial charge in [0.1, 0.15) is 5.75 Å². The molecule has 0 spiro atoms. The third-order valence-electron chi connectivity index (χ3n) is 3.70. The van der Waals surface area contributed by atoms with Crippen molar-refractivity contribution in [3.63, 3.8) is 0 Å². The molecule has 1 aromatic carbocycles. The Kier molecular flexibility index (Phi) is 3.87. The van der Waals surface area contributed by atoms with Gasteiger partial charge in [-0.3, -0.25) is 4.79 Å². The molecule has 2 rings (SSSR count). The smallest absolute Gasteiger partial charge is 0.251 e. The lowest BCUT2D eigenvalue weighted by Crippen LogP contribution is -2.53. The predicted molar refractivity (Wildman–Crippen MR) is 70.4 cm³/mol. The minimum Gasteiger partial charge on any atom is -0.508 e. The van der Waals surface area contributed by atoms with Gasteiger partial charge in [0, 0.05) is 17.6 Å². The van der Waals surface area contributed by atoms with Crippen molar-refractivity contribution in [1.82, 2.24) is 5.32 Å². The second-order valence-corrected chi connectivity index (χ2v) is 5.12. The van der Waals surface area contributed by atoms with Gasteiger partial charge < -0.3 is 16.2 Å². The highest BCUT2D eigenvalue weighted by atomic mass is 16.3. The lowest BCUT2D eigenvalue weighted by molar-refractivity contribution is 0.0900. The van der Waals surface area contributed by atoms with Crippen LogP contribution in [-0.2, 0) is 0 Å². The Labute approximate surface area is 107 Å². The molecule has 1 aromatic rings. The zero-order valence-corrected chi connectivity index (χ0v) is 10.6. The summed E-state index contributed by atoms with van der Waals surface area (Å²) in [6.45, 7) is 2.13. The lowest BCUT2D eigenvalue weighted by atomic mass is 9.82. The summed E-state index contributed by atoms with van der Waals surface area (Å²) in [5, 5.41) is 12.2. The SMILES string of the molecule is C[C@H]1CCC[C@H](N)C1NC(=O)c1ccc(O)cc1. The maximum absolute atomic E-state index is 12.1. The van der Waals surface area contributed by atoms with E-state index in [4.69, 9.17) is 5.73 Å². The lowest BCUT2D eigenvalue weighted by Gasteiger charge is -2.34. The summed E-state index contributed by atoms with van der Waals surface area (Å²) in [5.74, 6) is 0.452. The predicted octanol–water partition coefficient (Wildman–Crippen LogP) is 1.64. The maximum atomic E-state index is 12.1. The molecule has 0 bridgehead atoms. The molecule has 0 saturated heterocycles. The molecule has 18 heavy (non-hydrogen) atoms. The second kappa shape index (κ2) is 5.40. The van der Waals surface area contributed by atoms with Gasteiger partial charge in [-0.15, -0.1) is 0 Å². The number of benzene rings is 1. The maximum Gasteiger partial charge on any atom is 0.251 e. The van der Waals surface area contributed by atoms with Crippen molar-refractivity contribution >= 4 is 5.91 Å². The minimum atomic E-state index is -0.121. The van der Waals surface area contributed by atoms with Gasteiger partial charge in [-0.05, 0) is 43.0 Å². The Balaban J connectivity index is 2.04. The van der Waals surface area contributed by atoms with Crippen LogP contribution < -0.4 is 11.1 Å².